The molecule has 3 fully saturated rings. The molecule has 1 unspecified atom stereocenters. The first kappa shape index (κ1) is 11.8. The van der Waals surface area contributed by atoms with Crippen molar-refractivity contribution in [1.82, 2.24) is 14.7 Å². The monoisotopic (exact) mass is 253 g/mol. The first-order chi connectivity index (χ1) is 8.74. The van der Waals surface area contributed by atoms with Crippen molar-refractivity contribution in [3.8, 4) is 0 Å². The number of cyclic esters (lactones) is 1. The number of rotatable bonds is 3. The van der Waals surface area contributed by atoms with E-state index in [9.17, 15) is 9.59 Å². The first-order valence-electron chi connectivity index (χ1n) is 6.67. The molecule has 3 saturated heterocycles. The van der Waals surface area contributed by atoms with Gasteiger partial charge in [-0.05, 0) is 6.42 Å². The van der Waals surface area contributed by atoms with Crippen LogP contribution in [-0.4, -0.2) is 78.6 Å². The predicted molar refractivity (Wildman–Crippen MR) is 64.1 cm³/mol. The number of hydrogen-bond acceptors (Lipinski definition) is 4. The molecule has 3 heterocycles. The molecule has 0 saturated carbocycles. The van der Waals surface area contributed by atoms with Gasteiger partial charge in [0.25, 0.3) is 0 Å². The summed E-state index contributed by atoms with van der Waals surface area (Å²) in [4.78, 5) is 29.0. The Balaban J connectivity index is 1.47. The van der Waals surface area contributed by atoms with Crippen molar-refractivity contribution in [3.63, 3.8) is 0 Å². The van der Waals surface area contributed by atoms with E-state index in [-0.39, 0.29) is 18.0 Å². The summed E-state index contributed by atoms with van der Waals surface area (Å²) in [5.74, 6) is 0.285. The van der Waals surface area contributed by atoms with Crippen LogP contribution in [0, 0.1) is 0 Å². The van der Waals surface area contributed by atoms with Crippen LogP contribution in [0.3, 0.4) is 0 Å². The zero-order chi connectivity index (χ0) is 12.5. The minimum Gasteiger partial charge on any atom is -0.447 e. The van der Waals surface area contributed by atoms with Gasteiger partial charge in [-0.15, -0.1) is 0 Å². The summed E-state index contributed by atoms with van der Waals surface area (Å²) < 4.78 is 5.04. The van der Waals surface area contributed by atoms with Gasteiger partial charge >= 0.3 is 6.09 Å². The Morgan fingerprint density at radius 1 is 1.17 bits per heavy atom. The summed E-state index contributed by atoms with van der Waals surface area (Å²) in [7, 11) is 0. The molecule has 3 aliphatic heterocycles. The van der Waals surface area contributed by atoms with E-state index in [1.807, 2.05) is 9.80 Å². The molecule has 100 valence electrons. The Kier molecular flexibility index (Phi) is 3.11. The lowest BCUT2D eigenvalue weighted by Crippen LogP contribution is -2.53. The third kappa shape index (κ3) is 2.16. The van der Waals surface area contributed by atoms with Crippen molar-refractivity contribution in [1.29, 1.82) is 0 Å². The first-order valence-corrected chi connectivity index (χ1v) is 6.67. The smallest absolute Gasteiger partial charge is 0.410 e. The number of hydrogen-bond donors (Lipinski definition) is 0. The van der Waals surface area contributed by atoms with Crippen LogP contribution in [0.4, 0.5) is 4.79 Å². The second kappa shape index (κ2) is 4.76. The fraction of sp³-hybridized carbons (Fsp3) is 0.833. The summed E-state index contributed by atoms with van der Waals surface area (Å²) >= 11 is 0. The second-order valence-electron chi connectivity index (χ2n) is 5.21. The molecule has 3 rings (SSSR count). The van der Waals surface area contributed by atoms with E-state index in [0.717, 1.165) is 45.7 Å². The van der Waals surface area contributed by atoms with Gasteiger partial charge < -0.3 is 9.64 Å². The Bertz CT molecular complexity index is 360. The fourth-order valence-electron chi connectivity index (χ4n) is 2.96. The lowest BCUT2D eigenvalue weighted by atomic mass is 10.2. The standard InChI is InChI=1S/C12H19N3O3/c16-11-2-1-3-14(11)6-4-13-5-7-15-10(8-13)9-18-12(15)17/h10H,1-9H2. The van der Waals surface area contributed by atoms with Gasteiger partial charge in [-0.3, -0.25) is 14.6 Å². The van der Waals surface area contributed by atoms with Crippen molar-refractivity contribution in [2.24, 2.45) is 0 Å². The molecule has 3 aliphatic rings. The van der Waals surface area contributed by atoms with Gasteiger partial charge in [-0.2, -0.15) is 0 Å². The highest BCUT2D eigenvalue weighted by atomic mass is 16.6. The number of ether oxygens (including phenoxy) is 1. The minimum absolute atomic E-state index is 0.172. The molecule has 2 amide bonds. The van der Waals surface area contributed by atoms with Gasteiger partial charge in [0.15, 0.2) is 0 Å². The zero-order valence-corrected chi connectivity index (χ0v) is 10.5. The maximum absolute atomic E-state index is 11.5. The Morgan fingerprint density at radius 3 is 2.83 bits per heavy atom. The zero-order valence-electron chi connectivity index (χ0n) is 10.5. The van der Waals surface area contributed by atoms with E-state index in [1.165, 1.54) is 0 Å². The molecule has 0 aliphatic carbocycles. The summed E-state index contributed by atoms with van der Waals surface area (Å²) in [6, 6.07) is 0.209. The van der Waals surface area contributed by atoms with Crippen molar-refractivity contribution in [3.05, 3.63) is 0 Å². The van der Waals surface area contributed by atoms with Crippen LogP contribution in [0.2, 0.25) is 0 Å². The van der Waals surface area contributed by atoms with Crippen LogP contribution >= 0.6 is 0 Å². The van der Waals surface area contributed by atoms with Crippen LogP contribution in [0.25, 0.3) is 0 Å². The molecule has 1 atom stereocenters. The van der Waals surface area contributed by atoms with Gasteiger partial charge in [0.2, 0.25) is 5.91 Å². The van der Waals surface area contributed by atoms with Gasteiger partial charge in [0.05, 0.1) is 6.04 Å². The maximum atomic E-state index is 11.5. The molecule has 0 bridgehead atoms. The Hall–Kier alpha value is -1.30. The quantitative estimate of drug-likeness (QED) is 0.696. The number of fused-ring (bicyclic) bond motifs is 1. The van der Waals surface area contributed by atoms with E-state index >= 15 is 0 Å². The molecule has 6 nitrogen and oxygen atoms in total. The van der Waals surface area contributed by atoms with Crippen LogP contribution in [-0.2, 0) is 9.53 Å². The third-order valence-corrected chi connectivity index (χ3v) is 4.06. The number of carbonyl (C=O) groups excluding carboxylic acids is 2. The SMILES string of the molecule is O=C1CCCN1CCN1CCN2C(=O)OCC2C1. The topological polar surface area (TPSA) is 53.1 Å². The molecule has 18 heavy (non-hydrogen) atoms. The summed E-state index contributed by atoms with van der Waals surface area (Å²) in [6.07, 6.45) is 1.53. The van der Waals surface area contributed by atoms with Crippen LogP contribution < -0.4 is 0 Å². The molecule has 0 spiro atoms. The number of nitrogens with zero attached hydrogens (tertiary/aromatic N) is 3. The van der Waals surface area contributed by atoms with E-state index in [0.29, 0.717) is 13.0 Å². The van der Waals surface area contributed by atoms with Gasteiger partial charge in [-0.1, -0.05) is 0 Å². The lowest BCUT2D eigenvalue weighted by Gasteiger charge is -2.36. The number of amides is 2. The highest BCUT2D eigenvalue weighted by Gasteiger charge is 2.37. The highest BCUT2D eigenvalue weighted by molar-refractivity contribution is 5.78. The van der Waals surface area contributed by atoms with E-state index in [1.54, 1.807) is 0 Å². The average Bonchev–Trinajstić information content (AvgIpc) is 2.94. The lowest BCUT2D eigenvalue weighted by molar-refractivity contribution is -0.127. The van der Waals surface area contributed by atoms with Crippen LogP contribution in [0.5, 0.6) is 0 Å². The largest absolute Gasteiger partial charge is 0.447 e. The van der Waals surface area contributed by atoms with Gasteiger partial charge in [-0.25, -0.2) is 4.79 Å². The minimum atomic E-state index is -0.172. The fourth-order valence-corrected chi connectivity index (χ4v) is 2.96. The maximum Gasteiger partial charge on any atom is 0.410 e. The summed E-state index contributed by atoms with van der Waals surface area (Å²) in [6.45, 7) is 5.64. The molecule has 0 N–H and O–H groups in total. The summed E-state index contributed by atoms with van der Waals surface area (Å²) in [5, 5.41) is 0. The predicted octanol–water partition coefficient (Wildman–Crippen LogP) is -0.255. The normalized spacial score (nSPS) is 28.8. The molecular weight excluding hydrogens is 234 g/mol. The van der Waals surface area contributed by atoms with E-state index in [4.69, 9.17) is 4.74 Å². The van der Waals surface area contributed by atoms with Crippen molar-refractivity contribution >= 4 is 12.0 Å². The number of carbonyl (C=O) groups is 2. The summed E-state index contributed by atoms with van der Waals surface area (Å²) in [5.41, 5.74) is 0. The van der Waals surface area contributed by atoms with Crippen LogP contribution in [0.1, 0.15) is 12.8 Å². The second-order valence-corrected chi connectivity index (χ2v) is 5.21. The van der Waals surface area contributed by atoms with Crippen molar-refractivity contribution < 1.29 is 14.3 Å². The van der Waals surface area contributed by atoms with E-state index in [2.05, 4.69) is 4.90 Å². The highest BCUT2D eigenvalue weighted by Crippen LogP contribution is 2.18. The van der Waals surface area contributed by atoms with Gasteiger partial charge in [0.1, 0.15) is 6.61 Å². The number of piperazine rings is 1. The average molecular weight is 253 g/mol. The van der Waals surface area contributed by atoms with Crippen molar-refractivity contribution in [2.75, 3.05) is 45.9 Å². The molecule has 6 heteroatoms. The Morgan fingerprint density at radius 2 is 2.06 bits per heavy atom. The third-order valence-electron chi connectivity index (χ3n) is 4.06. The molecule has 0 aromatic carbocycles. The molecule has 0 radical (unpaired) electrons. The Labute approximate surface area is 106 Å². The van der Waals surface area contributed by atoms with Crippen molar-refractivity contribution in [2.45, 2.75) is 18.9 Å². The molecule has 0 aromatic heterocycles. The molecular formula is C12H19N3O3. The van der Waals surface area contributed by atoms with E-state index < -0.39 is 0 Å². The van der Waals surface area contributed by atoms with Crippen LogP contribution in [0.15, 0.2) is 0 Å². The number of likely N-dealkylation sites (tertiary alicyclic amines) is 1. The van der Waals surface area contributed by atoms with Gasteiger partial charge in [0, 0.05) is 45.7 Å². The molecule has 0 aromatic rings.